The molecule has 23 heavy (non-hydrogen) atoms. The lowest BCUT2D eigenvalue weighted by Crippen LogP contribution is -2.14. The summed E-state index contributed by atoms with van der Waals surface area (Å²) in [5.74, 6) is 1.35. The molecule has 0 heterocycles. The maximum Gasteiger partial charge on any atom is 0.228 e. The lowest BCUT2D eigenvalue weighted by atomic mass is 10.1. The fourth-order valence-corrected chi connectivity index (χ4v) is 2.41. The molecule has 0 aliphatic carbocycles. The van der Waals surface area contributed by atoms with Crippen LogP contribution in [0, 0.1) is 0 Å². The summed E-state index contributed by atoms with van der Waals surface area (Å²) in [6, 6.07) is 11.0. The minimum atomic E-state index is -0.124. The van der Waals surface area contributed by atoms with Gasteiger partial charge in [-0.05, 0) is 17.7 Å². The van der Waals surface area contributed by atoms with Crippen molar-refractivity contribution in [2.45, 2.75) is 6.42 Å². The van der Waals surface area contributed by atoms with Crippen LogP contribution in [0.1, 0.15) is 5.56 Å². The molecule has 0 aliphatic rings. The van der Waals surface area contributed by atoms with Gasteiger partial charge in [0.15, 0.2) is 11.5 Å². The molecule has 0 unspecified atom stereocenters. The zero-order chi connectivity index (χ0) is 16.8. The van der Waals surface area contributed by atoms with E-state index in [1.807, 2.05) is 24.3 Å². The summed E-state index contributed by atoms with van der Waals surface area (Å²) in [5, 5.41) is 2.84. The minimum Gasteiger partial charge on any atom is -0.493 e. The van der Waals surface area contributed by atoms with Crippen LogP contribution in [0.15, 0.2) is 40.9 Å². The molecule has 0 aromatic heterocycles. The molecular weight excluding hydrogens is 362 g/mol. The van der Waals surface area contributed by atoms with Crippen molar-refractivity contribution in [3.63, 3.8) is 0 Å². The molecule has 122 valence electrons. The molecule has 6 heteroatoms. The third-order valence-corrected chi connectivity index (χ3v) is 3.76. The largest absolute Gasteiger partial charge is 0.493 e. The van der Waals surface area contributed by atoms with Crippen LogP contribution in [0.5, 0.6) is 17.2 Å². The number of hydrogen-bond donors (Lipinski definition) is 1. The fourth-order valence-electron chi connectivity index (χ4n) is 2.15. The van der Waals surface area contributed by atoms with E-state index in [0.29, 0.717) is 22.9 Å². The van der Waals surface area contributed by atoms with E-state index in [-0.39, 0.29) is 12.3 Å². The van der Waals surface area contributed by atoms with E-state index in [4.69, 9.17) is 14.2 Å². The van der Waals surface area contributed by atoms with Crippen molar-refractivity contribution in [3.05, 3.63) is 46.4 Å². The van der Waals surface area contributed by atoms with Crippen LogP contribution in [-0.4, -0.2) is 27.2 Å². The van der Waals surface area contributed by atoms with Gasteiger partial charge < -0.3 is 19.5 Å². The molecule has 2 aromatic rings. The van der Waals surface area contributed by atoms with Gasteiger partial charge in [0, 0.05) is 22.3 Å². The van der Waals surface area contributed by atoms with Gasteiger partial charge in [0.25, 0.3) is 0 Å². The Hall–Kier alpha value is -2.21. The van der Waals surface area contributed by atoms with E-state index in [2.05, 4.69) is 21.2 Å². The molecule has 0 atom stereocenters. The highest BCUT2D eigenvalue weighted by Gasteiger charge is 2.14. The lowest BCUT2D eigenvalue weighted by molar-refractivity contribution is -0.115. The molecule has 2 rings (SSSR count). The molecule has 5 nitrogen and oxygen atoms in total. The van der Waals surface area contributed by atoms with Crippen LogP contribution in [0.25, 0.3) is 0 Å². The zero-order valence-corrected chi connectivity index (χ0v) is 14.8. The number of hydrogen-bond acceptors (Lipinski definition) is 4. The van der Waals surface area contributed by atoms with Crippen LogP contribution in [0.2, 0.25) is 0 Å². The number of methoxy groups -OCH3 is 3. The van der Waals surface area contributed by atoms with Gasteiger partial charge in [-0.25, -0.2) is 0 Å². The maximum absolute atomic E-state index is 12.2. The monoisotopic (exact) mass is 379 g/mol. The van der Waals surface area contributed by atoms with Crippen molar-refractivity contribution in [1.29, 1.82) is 0 Å². The molecule has 0 saturated carbocycles. The smallest absolute Gasteiger partial charge is 0.228 e. The number of amides is 1. The average Bonchev–Trinajstić information content (AvgIpc) is 2.55. The molecule has 0 spiro atoms. The third kappa shape index (κ3) is 4.39. The first-order valence-corrected chi connectivity index (χ1v) is 7.71. The average molecular weight is 380 g/mol. The SMILES string of the molecule is COc1cc(NC(=O)Cc2ccc(Br)cc2)cc(OC)c1OC. The summed E-state index contributed by atoms with van der Waals surface area (Å²) >= 11 is 3.37. The predicted octanol–water partition coefficient (Wildman–Crippen LogP) is 3.66. The first-order valence-electron chi connectivity index (χ1n) is 6.91. The van der Waals surface area contributed by atoms with Crippen molar-refractivity contribution in [2.24, 2.45) is 0 Å². The molecule has 0 radical (unpaired) electrons. The first kappa shape index (κ1) is 17.1. The van der Waals surface area contributed by atoms with Gasteiger partial charge in [0.1, 0.15) is 0 Å². The summed E-state index contributed by atoms with van der Waals surface area (Å²) in [4.78, 5) is 12.2. The highest BCUT2D eigenvalue weighted by molar-refractivity contribution is 9.10. The van der Waals surface area contributed by atoms with Crippen LogP contribution in [-0.2, 0) is 11.2 Å². The first-order chi connectivity index (χ1) is 11.1. The standard InChI is InChI=1S/C17H18BrNO4/c1-21-14-9-13(10-15(22-2)17(14)23-3)19-16(20)8-11-4-6-12(18)7-5-11/h4-7,9-10H,8H2,1-3H3,(H,19,20). The maximum atomic E-state index is 12.2. The van der Waals surface area contributed by atoms with E-state index in [1.54, 1.807) is 12.1 Å². The number of nitrogens with one attached hydrogen (secondary N) is 1. The summed E-state index contributed by atoms with van der Waals surface area (Å²) in [7, 11) is 4.60. The Balaban J connectivity index is 2.15. The number of ether oxygens (including phenoxy) is 3. The number of anilines is 1. The summed E-state index contributed by atoms with van der Waals surface area (Å²) in [6.45, 7) is 0. The van der Waals surface area contributed by atoms with Gasteiger partial charge in [0.05, 0.1) is 27.8 Å². The Morgan fingerprint density at radius 3 is 2.04 bits per heavy atom. The van der Waals surface area contributed by atoms with Crippen molar-refractivity contribution >= 4 is 27.5 Å². The number of carbonyl (C=O) groups is 1. The minimum absolute atomic E-state index is 0.124. The van der Waals surface area contributed by atoms with Crippen molar-refractivity contribution in [3.8, 4) is 17.2 Å². The Labute approximate surface area is 143 Å². The number of halogens is 1. The number of benzene rings is 2. The Bertz CT molecular complexity index is 660. The van der Waals surface area contributed by atoms with E-state index in [0.717, 1.165) is 10.0 Å². The summed E-state index contributed by atoms with van der Waals surface area (Å²) in [6.07, 6.45) is 0.282. The fraction of sp³-hybridized carbons (Fsp3) is 0.235. The normalized spacial score (nSPS) is 10.1. The highest BCUT2D eigenvalue weighted by Crippen LogP contribution is 2.39. The van der Waals surface area contributed by atoms with Gasteiger partial charge in [0.2, 0.25) is 11.7 Å². The van der Waals surface area contributed by atoms with E-state index in [1.165, 1.54) is 21.3 Å². The number of carbonyl (C=O) groups excluding carboxylic acids is 1. The van der Waals surface area contributed by atoms with Gasteiger partial charge in [-0.1, -0.05) is 28.1 Å². The van der Waals surface area contributed by atoms with Crippen molar-refractivity contribution < 1.29 is 19.0 Å². The predicted molar refractivity (Wildman–Crippen MR) is 92.6 cm³/mol. The molecule has 0 saturated heterocycles. The molecule has 1 amide bonds. The van der Waals surface area contributed by atoms with Gasteiger partial charge in [-0.2, -0.15) is 0 Å². The Morgan fingerprint density at radius 2 is 1.57 bits per heavy atom. The van der Waals surface area contributed by atoms with E-state index >= 15 is 0 Å². The second kappa shape index (κ2) is 7.87. The van der Waals surface area contributed by atoms with E-state index in [9.17, 15) is 4.79 Å². The topological polar surface area (TPSA) is 56.8 Å². The third-order valence-electron chi connectivity index (χ3n) is 3.23. The van der Waals surface area contributed by atoms with Gasteiger partial charge in [-0.3, -0.25) is 4.79 Å². The molecule has 1 N–H and O–H groups in total. The van der Waals surface area contributed by atoms with Crippen molar-refractivity contribution in [1.82, 2.24) is 0 Å². The molecule has 2 aromatic carbocycles. The highest BCUT2D eigenvalue weighted by atomic mass is 79.9. The number of rotatable bonds is 6. The molecule has 0 fully saturated rings. The second-order valence-corrected chi connectivity index (χ2v) is 5.68. The van der Waals surface area contributed by atoms with Crippen molar-refractivity contribution in [2.75, 3.05) is 26.6 Å². The van der Waals surface area contributed by atoms with Crippen LogP contribution in [0.3, 0.4) is 0 Å². The van der Waals surface area contributed by atoms with Crippen LogP contribution >= 0.6 is 15.9 Å². The quantitative estimate of drug-likeness (QED) is 0.831. The zero-order valence-electron chi connectivity index (χ0n) is 13.2. The van der Waals surface area contributed by atoms with Crippen LogP contribution < -0.4 is 19.5 Å². The van der Waals surface area contributed by atoms with Crippen LogP contribution in [0.4, 0.5) is 5.69 Å². The summed E-state index contributed by atoms with van der Waals surface area (Å²) < 4.78 is 16.8. The molecular formula is C17H18BrNO4. The van der Waals surface area contributed by atoms with E-state index < -0.39 is 0 Å². The Morgan fingerprint density at radius 1 is 1.00 bits per heavy atom. The lowest BCUT2D eigenvalue weighted by Gasteiger charge is -2.14. The molecule has 0 aliphatic heterocycles. The molecule has 0 bridgehead atoms. The Kier molecular flexibility index (Phi) is 5.87. The second-order valence-electron chi connectivity index (χ2n) is 4.77. The summed E-state index contributed by atoms with van der Waals surface area (Å²) in [5.41, 5.74) is 1.51. The van der Waals surface area contributed by atoms with Gasteiger partial charge >= 0.3 is 0 Å². The van der Waals surface area contributed by atoms with Gasteiger partial charge in [-0.15, -0.1) is 0 Å².